The van der Waals surface area contributed by atoms with Crippen LogP contribution in [0.4, 0.5) is 0 Å². The predicted molar refractivity (Wildman–Crippen MR) is 132 cm³/mol. The maximum absolute atomic E-state index is 13.1. The van der Waals surface area contributed by atoms with Crippen molar-refractivity contribution in [2.75, 3.05) is 26.3 Å². The number of thiazole rings is 1. The van der Waals surface area contributed by atoms with Gasteiger partial charge in [-0.25, -0.2) is 4.79 Å². The Kier molecular flexibility index (Phi) is 10.9. The van der Waals surface area contributed by atoms with E-state index in [4.69, 9.17) is 9.47 Å². The van der Waals surface area contributed by atoms with Gasteiger partial charge in [-0.2, -0.15) is 0 Å². The van der Waals surface area contributed by atoms with Gasteiger partial charge in [0.2, 0.25) is 5.91 Å². The molecule has 0 spiro atoms. The molecule has 7 nitrogen and oxygen atoms in total. The number of hydrogen-bond donors (Lipinski definition) is 0. The Morgan fingerprint density at radius 1 is 1.06 bits per heavy atom. The Morgan fingerprint density at radius 3 is 2.36 bits per heavy atom. The second-order valence-electron chi connectivity index (χ2n) is 7.43. The SMILES string of the molecule is CCCCCOc1ccc(C=c2sc(=CC(=O)OCC)n(CC(=O)N(CC)CC)c2=O)cc1. The second kappa shape index (κ2) is 13.6. The Bertz CT molecular complexity index is 1080. The van der Waals surface area contributed by atoms with E-state index in [1.165, 1.54) is 10.6 Å². The largest absolute Gasteiger partial charge is 0.494 e. The summed E-state index contributed by atoms with van der Waals surface area (Å²) >= 11 is 1.16. The fraction of sp³-hybridized carbons (Fsp3) is 0.480. The number of hydrogen-bond acceptors (Lipinski definition) is 6. The monoisotopic (exact) mass is 474 g/mol. The smallest absolute Gasteiger partial charge is 0.333 e. The molecule has 180 valence electrons. The number of amides is 1. The molecule has 0 aliphatic carbocycles. The van der Waals surface area contributed by atoms with Crippen LogP contribution in [-0.4, -0.2) is 47.6 Å². The molecule has 1 amide bonds. The van der Waals surface area contributed by atoms with Gasteiger partial charge in [0.1, 0.15) is 17.0 Å². The minimum atomic E-state index is -0.543. The van der Waals surface area contributed by atoms with Crippen LogP contribution in [0.3, 0.4) is 0 Å². The highest BCUT2D eigenvalue weighted by Gasteiger charge is 2.14. The summed E-state index contributed by atoms with van der Waals surface area (Å²) in [6.07, 6.45) is 6.33. The number of aromatic nitrogens is 1. The van der Waals surface area contributed by atoms with Crippen LogP contribution in [0.5, 0.6) is 5.75 Å². The van der Waals surface area contributed by atoms with E-state index < -0.39 is 5.97 Å². The van der Waals surface area contributed by atoms with Crippen LogP contribution < -0.4 is 19.5 Å². The molecule has 0 aliphatic rings. The van der Waals surface area contributed by atoms with Gasteiger partial charge in [-0.3, -0.25) is 14.2 Å². The molecule has 0 radical (unpaired) electrons. The van der Waals surface area contributed by atoms with Gasteiger partial charge >= 0.3 is 5.97 Å². The van der Waals surface area contributed by atoms with E-state index in [0.717, 1.165) is 41.9 Å². The first-order chi connectivity index (χ1) is 15.9. The van der Waals surface area contributed by atoms with Gasteiger partial charge < -0.3 is 14.4 Å². The summed E-state index contributed by atoms with van der Waals surface area (Å²) in [7, 11) is 0. The molecule has 1 aromatic heterocycles. The fourth-order valence-electron chi connectivity index (χ4n) is 3.24. The number of unbranched alkanes of at least 4 members (excludes halogenated alkanes) is 2. The first kappa shape index (κ1) is 26.4. The normalized spacial score (nSPS) is 12.1. The highest BCUT2D eigenvalue weighted by molar-refractivity contribution is 7.07. The van der Waals surface area contributed by atoms with Crippen LogP contribution in [0.25, 0.3) is 12.2 Å². The molecule has 1 heterocycles. The third kappa shape index (κ3) is 7.89. The van der Waals surface area contributed by atoms with E-state index in [2.05, 4.69) is 6.92 Å². The van der Waals surface area contributed by atoms with E-state index in [-0.39, 0.29) is 24.6 Å². The van der Waals surface area contributed by atoms with Crippen molar-refractivity contribution in [3.63, 3.8) is 0 Å². The molecule has 0 saturated carbocycles. The summed E-state index contributed by atoms with van der Waals surface area (Å²) in [5.41, 5.74) is 0.523. The standard InChI is InChI=1S/C25H34N2O5S/c1-5-9-10-15-32-20-13-11-19(12-14-20)16-21-25(30)27(18-22(28)26(6-2)7-3)23(33-21)17-24(29)31-8-4/h11-14,16-17H,5-10,15,18H2,1-4H3. The lowest BCUT2D eigenvalue weighted by atomic mass is 10.2. The summed E-state index contributed by atoms with van der Waals surface area (Å²) in [5.74, 6) is 0.0708. The number of ether oxygens (including phenoxy) is 2. The average molecular weight is 475 g/mol. The minimum absolute atomic E-state index is 0.124. The van der Waals surface area contributed by atoms with Gasteiger partial charge in [-0.15, -0.1) is 11.3 Å². The first-order valence-corrected chi connectivity index (χ1v) is 12.4. The van der Waals surface area contributed by atoms with E-state index in [1.807, 2.05) is 38.1 Å². The van der Waals surface area contributed by atoms with Gasteiger partial charge in [0.15, 0.2) is 0 Å². The lowest BCUT2D eigenvalue weighted by Gasteiger charge is -2.18. The lowest BCUT2D eigenvalue weighted by Crippen LogP contribution is -2.40. The lowest BCUT2D eigenvalue weighted by molar-refractivity contribution is -0.135. The first-order valence-electron chi connectivity index (χ1n) is 11.5. The maximum Gasteiger partial charge on any atom is 0.333 e. The third-order valence-corrected chi connectivity index (χ3v) is 6.13. The number of carbonyl (C=O) groups is 2. The zero-order chi connectivity index (χ0) is 24.2. The van der Waals surface area contributed by atoms with Gasteiger partial charge in [0, 0.05) is 13.1 Å². The van der Waals surface area contributed by atoms with E-state index in [1.54, 1.807) is 17.9 Å². The Hall–Kier alpha value is -2.87. The van der Waals surface area contributed by atoms with Gasteiger partial charge in [0.25, 0.3) is 5.56 Å². The van der Waals surface area contributed by atoms with Crippen molar-refractivity contribution in [1.82, 2.24) is 9.47 Å². The quantitative estimate of drug-likeness (QED) is 0.349. The molecule has 0 aliphatic heterocycles. The third-order valence-electron chi connectivity index (χ3n) is 5.07. The molecule has 8 heteroatoms. The van der Waals surface area contributed by atoms with E-state index in [0.29, 0.717) is 28.9 Å². The van der Waals surface area contributed by atoms with Crippen molar-refractivity contribution in [3.05, 3.63) is 49.4 Å². The van der Waals surface area contributed by atoms with Crippen molar-refractivity contribution >= 4 is 35.4 Å². The molecule has 0 saturated heterocycles. The summed E-state index contributed by atoms with van der Waals surface area (Å²) < 4.78 is 12.9. The summed E-state index contributed by atoms with van der Waals surface area (Å²) in [4.78, 5) is 39.4. The van der Waals surface area contributed by atoms with Gasteiger partial charge in [-0.1, -0.05) is 31.9 Å². The molecule has 0 fully saturated rings. The number of esters is 1. The fourth-order valence-corrected chi connectivity index (χ4v) is 4.27. The van der Waals surface area contributed by atoms with Crippen LogP contribution in [0, 0.1) is 0 Å². The second-order valence-corrected chi connectivity index (χ2v) is 8.49. The summed E-state index contributed by atoms with van der Waals surface area (Å²) in [6, 6.07) is 7.52. The average Bonchev–Trinajstić information content (AvgIpc) is 3.07. The zero-order valence-corrected chi connectivity index (χ0v) is 20.8. The van der Waals surface area contributed by atoms with Crippen LogP contribution >= 0.6 is 11.3 Å². The van der Waals surface area contributed by atoms with Gasteiger partial charge in [0.05, 0.1) is 23.8 Å². The van der Waals surface area contributed by atoms with Crippen LogP contribution in [0.1, 0.15) is 52.5 Å². The summed E-state index contributed by atoms with van der Waals surface area (Å²) in [6.45, 7) is 9.54. The van der Waals surface area contributed by atoms with Crippen LogP contribution in [0.15, 0.2) is 29.1 Å². The molecule has 2 rings (SSSR count). The molecule has 1 aromatic carbocycles. The number of rotatable bonds is 12. The van der Waals surface area contributed by atoms with Crippen molar-refractivity contribution in [1.29, 1.82) is 0 Å². The highest BCUT2D eigenvalue weighted by atomic mass is 32.1. The van der Waals surface area contributed by atoms with Crippen molar-refractivity contribution in [2.24, 2.45) is 0 Å². The number of likely N-dealkylation sites (N-methyl/N-ethyl adjacent to an activating group) is 1. The van der Waals surface area contributed by atoms with Crippen LogP contribution in [0.2, 0.25) is 0 Å². The van der Waals surface area contributed by atoms with E-state index >= 15 is 0 Å². The number of benzene rings is 1. The summed E-state index contributed by atoms with van der Waals surface area (Å²) in [5, 5.41) is 0. The molecule has 0 atom stereocenters. The predicted octanol–water partition coefficient (Wildman–Crippen LogP) is 2.52. The number of nitrogens with zero attached hydrogens (tertiary/aromatic N) is 2. The molecule has 33 heavy (non-hydrogen) atoms. The van der Waals surface area contributed by atoms with Crippen molar-refractivity contribution in [2.45, 2.75) is 53.5 Å². The minimum Gasteiger partial charge on any atom is -0.494 e. The Morgan fingerprint density at radius 2 is 1.76 bits per heavy atom. The molecule has 0 N–H and O–H groups in total. The van der Waals surface area contributed by atoms with Crippen molar-refractivity contribution in [3.8, 4) is 5.75 Å². The molecular weight excluding hydrogens is 440 g/mol. The zero-order valence-electron chi connectivity index (χ0n) is 20.0. The van der Waals surface area contributed by atoms with Gasteiger partial charge in [-0.05, 0) is 51.0 Å². The Balaban J connectivity index is 2.38. The molecule has 0 unspecified atom stereocenters. The molecule has 0 bridgehead atoms. The molecular formula is C25H34N2O5S. The Labute approximate surface area is 198 Å². The van der Waals surface area contributed by atoms with E-state index in [9.17, 15) is 14.4 Å². The maximum atomic E-state index is 13.1. The number of carbonyl (C=O) groups excluding carboxylic acids is 2. The van der Waals surface area contributed by atoms with Crippen LogP contribution in [-0.2, 0) is 20.9 Å². The topological polar surface area (TPSA) is 77.8 Å². The highest BCUT2D eigenvalue weighted by Crippen LogP contribution is 2.13. The molecule has 2 aromatic rings. The van der Waals surface area contributed by atoms with Crippen molar-refractivity contribution < 1.29 is 19.1 Å².